The van der Waals surface area contributed by atoms with Crippen LogP contribution in [0.25, 0.3) is 0 Å². The van der Waals surface area contributed by atoms with Gasteiger partial charge in [0, 0.05) is 19.5 Å². The summed E-state index contributed by atoms with van der Waals surface area (Å²) >= 11 is 0. The van der Waals surface area contributed by atoms with Gasteiger partial charge in [0.2, 0.25) is 15.9 Å². The molecule has 0 radical (unpaired) electrons. The molecule has 31 heavy (non-hydrogen) atoms. The Morgan fingerprint density at radius 2 is 1.77 bits per heavy atom. The van der Waals surface area contributed by atoms with Gasteiger partial charge in [-0.3, -0.25) is 4.79 Å². The number of nitrogens with zero attached hydrogens (tertiary/aromatic N) is 1. The fourth-order valence-electron chi connectivity index (χ4n) is 3.17. The highest BCUT2D eigenvalue weighted by Crippen LogP contribution is 2.29. The summed E-state index contributed by atoms with van der Waals surface area (Å²) in [6.45, 7) is 8.74. The van der Waals surface area contributed by atoms with Crippen molar-refractivity contribution < 1.29 is 22.7 Å². The fraction of sp³-hybridized carbons (Fsp3) is 0.435. The quantitative estimate of drug-likeness (QED) is 0.522. The summed E-state index contributed by atoms with van der Waals surface area (Å²) in [5.74, 6) is 0.982. The Bertz CT molecular complexity index is 1000. The zero-order valence-corrected chi connectivity index (χ0v) is 19.7. The van der Waals surface area contributed by atoms with Crippen molar-refractivity contribution in [1.29, 1.82) is 0 Å². The predicted octanol–water partition coefficient (Wildman–Crippen LogP) is 4.14. The summed E-state index contributed by atoms with van der Waals surface area (Å²) in [5.41, 5.74) is 2.57. The van der Waals surface area contributed by atoms with Crippen molar-refractivity contribution in [2.75, 3.05) is 32.1 Å². The molecule has 7 nitrogen and oxygen atoms in total. The molecule has 0 aromatic heterocycles. The number of ether oxygens (including phenoxy) is 2. The molecule has 0 unspecified atom stereocenters. The van der Waals surface area contributed by atoms with Crippen LogP contribution in [0.3, 0.4) is 0 Å². The van der Waals surface area contributed by atoms with E-state index in [0.29, 0.717) is 37.6 Å². The standard InChI is InChI=1S/C23H32N2O5S/c1-6-25(7-2)31(27,28)19-13-14-22(29-5)20(16-19)24-23(26)12-9-15-30-21-11-8-10-17(3)18(21)4/h8,10-11,13-14,16H,6-7,9,12,15H2,1-5H3,(H,24,26). The summed E-state index contributed by atoms with van der Waals surface area (Å²) in [4.78, 5) is 12.6. The molecule has 170 valence electrons. The number of hydrogen-bond acceptors (Lipinski definition) is 5. The molecule has 0 saturated heterocycles. The Morgan fingerprint density at radius 3 is 2.42 bits per heavy atom. The maximum absolute atomic E-state index is 12.8. The van der Waals surface area contributed by atoms with Crippen molar-refractivity contribution in [3.63, 3.8) is 0 Å². The molecule has 1 N–H and O–H groups in total. The van der Waals surface area contributed by atoms with Crippen LogP contribution in [0.5, 0.6) is 11.5 Å². The van der Waals surface area contributed by atoms with E-state index in [1.165, 1.54) is 23.5 Å². The van der Waals surface area contributed by atoms with E-state index in [2.05, 4.69) is 5.32 Å². The second-order valence-corrected chi connectivity index (χ2v) is 9.09. The van der Waals surface area contributed by atoms with Crippen LogP contribution in [0.1, 0.15) is 37.8 Å². The lowest BCUT2D eigenvalue weighted by atomic mass is 10.1. The smallest absolute Gasteiger partial charge is 0.243 e. The van der Waals surface area contributed by atoms with E-state index in [1.807, 2.05) is 32.0 Å². The molecule has 0 heterocycles. The molecule has 1 amide bonds. The van der Waals surface area contributed by atoms with Crippen LogP contribution in [0.2, 0.25) is 0 Å². The number of aryl methyl sites for hydroxylation is 1. The summed E-state index contributed by atoms with van der Waals surface area (Å²) in [6, 6.07) is 10.4. The molecule has 2 aromatic carbocycles. The average molecular weight is 449 g/mol. The average Bonchev–Trinajstić information content (AvgIpc) is 2.74. The summed E-state index contributed by atoms with van der Waals surface area (Å²) < 4.78 is 38.0. The van der Waals surface area contributed by atoms with Crippen LogP contribution < -0.4 is 14.8 Å². The Labute approximate surface area is 185 Å². The van der Waals surface area contributed by atoms with Crippen LogP contribution in [0, 0.1) is 13.8 Å². The number of benzene rings is 2. The highest BCUT2D eigenvalue weighted by molar-refractivity contribution is 7.89. The predicted molar refractivity (Wildman–Crippen MR) is 122 cm³/mol. The van der Waals surface area contributed by atoms with Crippen LogP contribution in [0.15, 0.2) is 41.3 Å². The lowest BCUT2D eigenvalue weighted by Crippen LogP contribution is -2.30. The number of rotatable bonds is 11. The largest absolute Gasteiger partial charge is 0.495 e. The number of carbonyl (C=O) groups is 1. The number of anilines is 1. The van der Waals surface area contributed by atoms with Gasteiger partial charge in [-0.1, -0.05) is 26.0 Å². The summed E-state index contributed by atoms with van der Waals surface area (Å²) in [5, 5.41) is 2.77. The number of sulfonamides is 1. The number of amides is 1. The van der Waals surface area contributed by atoms with Crippen LogP contribution in [-0.2, 0) is 14.8 Å². The lowest BCUT2D eigenvalue weighted by molar-refractivity contribution is -0.116. The van der Waals surface area contributed by atoms with Gasteiger partial charge in [0.25, 0.3) is 0 Å². The van der Waals surface area contributed by atoms with Crippen molar-refractivity contribution in [1.82, 2.24) is 4.31 Å². The first-order chi connectivity index (χ1) is 14.7. The van der Waals surface area contributed by atoms with Gasteiger partial charge < -0.3 is 14.8 Å². The van der Waals surface area contributed by atoms with Crippen LogP contribution in [0.4, 0.5) is 5.69 Å². The number of nitrogens with one attached hydrogen (secondary N) is 1. The van der Waals surface area contributed by atoms with Crippen molar-refractivity contribution in [3.8, 4) is 11.5 Å². The topological polar surface area (TPSA) is 84.9 Å². The minimum absolute atomic E-state index is 0.116. The molecule has 2 aromatic rings. The molecule has 0 bridgehead atoms. The molecular formula is C23H32N2O5S. The Balaban J connectivity index is 2.02. The highest BCUT2D eigenvalue weighted by Gasteiger charge is 2.23. The molecule has 0 atom stereocenters. The first-order valence-electron chi connectivity index (χ1n) is 10.4. The van der Waals surface area contributed by atoms with E-state index in [-0.39, 0.29) is 17.2 Å². The minimum atomic E-state index is -3.64. The van der Waals surface area contributed by atoms with E-state index in [4.69, 9.17) is 9.47 Å². The van der Waals surface area contributed by atoms with Gasteiger partial charge in [0.15, 0.2) is 0 Å². The minimum Gasteiger partial charge on any atom is -0.495 e. The molecule has 0 aliphatic heterocycles. The van der Waals surface area contributed by atoms with E-state index in [9.17, 15) is 13.2 Å². The fourth-order valence-corrected chi connectivity index (χ4v) is 4.65. The molecule has 0 fully saturated rings. The molecular weight excluding hydrogens is 416 g/mol. The maximum Gasteiger partial charge on any atom is 0.243 e. The van der Waals surface area contributed by atoms with Crippen molar-refractivity contribution in [2.24, 2.45) is 0 Å². The van der Waals surface area contributed by atoms with E-state index in [0.717, 1.165) is 16.9 Å². The third-order valence-electron chi connectivity index (χ3n) is 5.15. The monoisotopic (exact) mass is 448 g/mol. The van der Waals surface area contributed by atoms with E-state index in [1.54, 1.807) is 19.9 Å². The first-order valence-corrected chi connectivity index (χ1v) is 11.9. The SMILES string of the molecule is CCN(CC)S(=O)(=O)c1ccc(OC)c(NC(=O)CCCOc2cccc(C)c2C)c1. The van der Waals surface area contributed by atoms with Crippen LogP contribution >= 0.6 is 0 Å². The van der Waals surface area contributed by atoms with E-state index >= 15 is 0 Å². The maximum atomic E-state index is 12.8. The van der Waals surface area contributed by atoms with Crippen LogP contribution in [-0.4, -0.2) is 45.4 Å². The zero-order chi connectivity index (χ0) is 23.0. The van der Waals surface area contributed by atoms with Gasteiger partial charge in [0.05, 0.1) is 24.3 Å². The molecule has 0 saturated carbocycles. The van der Waals surface area contributed by atoms with Gasteiger partial charge in [-0.25, -0.2) is 8.42 Å². The molecule has 0 aliphatic carbocycles. The number of carbonyl (C=O) groups excluding carboxylic acids is 1. The summed E-state index contributed by atoms with van der Waals surface area (Å²) in [6.07, 6.45) is 0.764. The van der Waals surface area contributed by atoms with Gasteiger partial charge in [-0.2, -0.15) is 4.31 Å². The lowest BCUT2D eigenvalue weighted by Gasteiger charge is -2.19. The number of methoxy groups -OCH3 is 1. The first kappa shape index (κ1) is 24.7. The highest BCUT2D eigenvalue weighted by atomic mass is 32.2. The third kappa shape index (κ3) is 6.21. The number of hydrogen-bond donors (Lipinski definition) is 1. The Hall–Kier alpha value is -2.58. The van der Waals surface area contributed by atoms with Crippen molar-refractivity contribution >= 4 is 21.6 Å². The Morgan fingerprint density at radius 1 is 1.06 bits per heavy atom. The Kier molecular flexibility index (Phi) is 8.88. The molecule has 0 aliphatic rings. The van der Waals surface area contributed by atoms with Crippen molar-refractivity contribution in [3.05, 3.63) is 47.5 Å². The van der Waals surface area contributed by atoms with Gasteiger partial charge in [-0.15, -0.1) is 0 Å². The van der Waals surface area contributed by atoms with Crippen molar-refractivity contribution in [2.45, 2.75) is 45.4 Å². The normalized spacial score (nSPS) is 11.4. The van der Waals surface area contributed by atoms with Gasteiger partial charge in [-0.05, 0) is 55.7 Å². The van der Waals surface area contributed by atoms with Gasteiger partial charge in [0.1, 0.15) is 11.5 Å². The molecule has 8 heteroatoms. The third-order valence-corrected chi connectivity index (χ3v) is 7.19. The van der Waals surface area contributed by atoms with E-state index < -0.39 is 10.0 Å². The zero-order valence-electron chi connectivity index (χ0n) is 18.9. The summed E-state index contributed by atoms with van der Waals surface area (Å²) in [7, 11) is -2.16. The molecule has 0 spiro atoms. The second kappa shape index (κ2) is 11.2. The molecule has 2 rings (SSSR count). The van der Waals surface area contributed by atoms with Gasteiger partial charge >= 0.3 is 0 Å². The second-order valence-electron chi connectivity index (χ2n) is 7.15.